The van der Waals surface area contributed by atoms with Crippen LogP contribution < -0.4 is 25.0 Å². The molecule has 1 aromatic heterocycles. The summed E-state index contributed by atoms with van der Waals surface area (Å²) < 4.78 is 31.1. The number of hydrogen-bond donors (Lipinski definition) is 0. The van der Waals surface area contributed by atoms with Crippen molar-refractivity contribution in [3.63, 3.8) is 0 Å². The molecule has 17 rings (SSSR count). The predicted molar refractivity (Wildman–Crippen MR) is 532 cm³/mol. The third-order valence-corrected chi connectivity index (χ3v) is 27.9. The van der Waals surface area contributed by atoms with E-state index in [2.05, 4.69) is 82.0 Å². The van der Waals surface area contributed by atoms with Crippen molar-refractivity contribution in [2.75, 3.05) is 104 Å². The van der Waals surface area contributed by atoms with E-state index >= 15 is 0 Å². The van der Waals surface area contributed by atoms with Crippen LogP contribution in [0.5, 0.6) is 0 Å². The Balaban J connectivity index is 0.000000140. The molecule has 0 aliphatic carbocycles. The lowest BCUT2D eigenvalue weighted by molar-refractivity contribution is -0.132. The van der Waals surface area contributed by atoms with Crippen molar-refractivity contribution in [1.29, 1.82) is 0 Å². The number of carbonyl (C=O) groups excluding carboxylic acids is 4. The second-order valence-corrected chi connectivity index (χ2v) is 38.8. The second kappa shape index (κ2) is 43.5. The van der Waals surface area contributed by atoms with Crippen molar-refractivity contribution in [1.82, 2.24) is 19.6 Å². The SMILES string of the molecule is Cc1ccc(CC(=O)N2CCN(c3ccc(C)cc3Cl)C(c3ccc(Cl)cc3)C2)cc1.Cc1ccc(N2CCN(C(=O)CCS(=O)(=O)c3ccccc3)CC2c2ccc(Cl)cc2)c(Cl)c1.Cc1ccc(N2CCN(C(=O)c3cc(=O)c4ccccc4o3)CC2c2ccc(Cl)cc2)c(Cl)c1.Cc1cccc(CC(=O)N2CCN(c3ccc(C)cc3Cl)C(c3ccc(Cl)cc3)C2)c1. The first kappa shape index (κ1) is 95.3. The zero-order chi connectivity index (χ0) is 92.0. The smallest absolute Gasteiger partial charge is 0.289 e. The monoisotopic (exact) mass is 1910 g/mol. The van der Waals surface area contributed by atoms with Crippen LogP contribution >= 0.6 is 92.8 Å². The summed E-state index contributed by atoms with van der Waals surface area (Å²) in [6.45, 7) is 19.1. The molecule has 4 aliphatic rings. The Labute approximate surface area is 800 Å². The summed E-state index contributed by atoms with van der Waals surface area (Å²) in [7, 11) is -3.52. The van der Waals surface area contributed by atoms with Crippen molar-refractivity contribution < 1.29 is 32.0 Å². The predicted octanol–water partition coefficient (Wildman–Crippen LogP) is 24.2. The molecule has 5 heterocycles. The molecule has 4 saturated heterocycles. The quantitative estimate of drug-likeness (QED) is 0.0851. The molecule has 0 bridgehead atoms. The first-order valence-corrected chi connectivity index (χ1v) is 47.8. The minimum atomic E-state index is -3.52. The van der Waals surface area contributed by atoms with Gasteiger partial charge in [0.05, 0.1) is 95.9 Å². The van der Waals surface area contributed by atoms with Crippen LogP contribution in [0.25, 0.3) is 11.0 Å². The highest BCUT2D eigenvalue weighted by molar-refractivity contribution is 7.91. The molecule has 4 aliphatic heterocycles. The van der Waals surface area contributed by atoms with Crippen LogP contribution in [0.2, 0.25) is 40.2 Å². The topological polar surface area (TPSA) is 159 Å². The number of amides is 4. The molecule has 4 unspecified atom stereocenters. The Kier molecular flexibility index (Phi) is 31.9. The largest absolute Gasteiger partial charge is 0.451 e. The van der Waals surface area contributed by atoms with Gasteiger partial charge < -0.3 is 43.6 Å². The van der Waals surface area contributed by atoms with E-state index in [1.54, 1.807) is 64.4 Å². The molecule has 25 heteroatoms. The molecule has 0 spiro atoms. The van der Waals surface area contributed by atoms with Gasteiger partial charge in [-0.15, -0.1) is 0 Å². The van der Waals surface area contributed by atoms with Crippen LogP contribution in [0.4, 0.5) is 22.7 Å². The summed E-state index contributed by atoms with van der Waals surface area (Å²) in [5.74, 6) is -0.354. The summed E-state index contributed by atoms with van der Waals surface area (Å²) in [5.41, 5.74) is 17.1. The van der Waals surface area contributed by atoms with Crippen molar-refractivity contribution in [3.8, 4) is 0 Å². The molecule has 16 nitrogen and oxygen atoms in total. The Morgan fingerprint density at radius 3 is 1.05 bits per heavy atom. The Morgan fingerprint density at radius 2 is 0.669 bits per heavy atom. The maximum absolute atomic E-state index is 13.4. The van der Waals surface area contributed by atoms with Crippen LogP contribution in [0, 0.1) is 41.5 Å². The number of hydrogen-bond acceptors (Lipinski definition) is 12. The maximum atomic E-state index is 13.4. The molecule has 0 saturated carbocycles. The van der Waals surface area contributed by atoms with E-state index in [4.69, 9.17) is 97.2 Å². The molecule has 0 radical (unpaired) electrons. The number of sulfone groups is 1. The van der Waals surface area contributed by atoms with Gasteiger partial charge in [-0.05, 0) is 219 Å². The van der Waals surface area contributed by atoms with E-state index in [0.29, 0.717) is 119 Å². The normalized spacial score (nSPS) is 16.4. The van der Waals surface area contributed by atoms with Gasteiger partial charge in [0.2, 0.25) is 17.7 Å². The summed E-state index contributed by atoms with van der Waals surface area (Å²) in [6, 6.07) is 87.7. The summed E-state index contributed by atoms with van der Waals surface area (Å²) in [6.07, 6.45) is 0.773. The van der Waals surface area contributed by atoms with Crippen LogP contribution in [-0.4, -0.2) is 136 Å². The van der Waals surface area contributed by atoms with Crippen molar-refractivity contribution in [2.45, 2.75) is 89.9 Å². The fourth-order valence-electron chi connectivity index (χ4n) is 17.0. The van der Waals surface area contributed by atoms with E-state index in [-0.39, 0.29) is 76.1 Å². The van der Waals surface area contributed by atoms with Crippen LogP contribution in [-0.2, 0) is 37.1 Å². The van der Waals surface area contributed by atoms with Crippen LogP contribution in [0.3, 0.4) is 0 Å². The minimum Gasteiger partial charge on any atom is -0.451 e. The highest BCUT2D eigenvalue weighted by atomic mass is 35.5. The number of anilines is 4. The zero-order valence-corrected chi connectivity index (χ0v) is 79.8. The Bertz CT molecular complexity index is 6380. The molecule has 12 aromatic carbocycles. The number of benzene rings is 12. The van der Waals surface area contributed by atoms with E-state index in [1.165, 1.54) is 17.2 Å². The number of carbonyl (C=O) groups is 4. The third kappa shape index (κ3) is 24.1. The highest BCUT2D eigenvalue weighted by Crippen LogP contribution is 2.42. The van der Waals surface area contributed by atoms with Crippen molar-refractivity contribution in [3.05, 3.63) is 402 Å². The molecular formula is C105H100Cl8N8O8S. The number of halogens is 8. The Hall–Kier alpha value is -10.8. The summed E-state index contributed by atoms with van der Waals surface area (Å²) in [4.78, 5) is 81.9. The summed E-state index contributed by atoms with van der Waals surface area (Å²) >= 11 is 50.9. The first-order valence-electron chi connectivity index (χ1n) is 43.1. The molecule has 4 amide bonds. The number of para-hydroxylation sites is 1. The van der Waals surface area contributed by atoms with Gasteiger partial charge in [0.25, 0.3) is 5.91 Å². The number of piperazine rings is 4. The van der Waals surface area contributed by atoms with Crippen LogP contribution in [0.1, 0.15) is 108 Å². The van der Waals surface area contributed by atoms with Gasteiger partial charge in [0.1, 0.15) is 5.58 Å². The van der Waals surface area contributed by atoms with Gasteiger partial charge in [0, 0.05) is 111 Å². The van der Waals surface area contributed by atoms with Crippen molar-refractivity contribution >= 4 is 160 Å². The second-order valence-electron chi connectivity index (χ2n) is 33.3. The lowest BCUT2D eigenvalue weighted by Crippen LogP contribution is -2.51. The van der Waals surface area contributed by atoms with Gasteiger partial charge in [-0.25, -0.2) is 8.42 Å². The number of nitrogens with zero attached hydrogens (tertiary/aromatic N) is 8. The van der Waals surface area contributed by atoms with Gasteiger partial charge in [-0.3, -0.25) is 24.0 Å². The van der Waals surface area contributed by atoms with Gasteiger partial charge >= 0.3 is 0 Å². The fourth-order valence-corrected chi connectivity index (χ4v) is 20.1. The standard InChI is InChI=1S/C27H22Cl2N2O3.C26H26Cl2N2O3S.2C26H26Cl2N2O/c1-17-6-11-22(21(29)14-17)31-13-12-30(16-23(31)18-7-9-19(28)10-8-18)27(33)26-15-24(32)20-4-2-3-5-25(20)34-26;1-19-7-12-24(23(28)17-19)30-15-14-29(18-25(30)20-8-10-21(27)11-9-20)26(31)13-16-34(32,33)22-5-3-2-4-6-22;1-18-3-6-20(7-4-18)16-26(31)29-13-14-30(24-12-5-19(2)15-23(24)28)25(17-29)21-8-10-22(27)11-9-21;1-18-4-3-5-20(14-18)16-26(31)29-12-13-30(24-11-6-19(2)15-23(24)28)25(17-29)21-7-9-22(27)10-8-21/h2-11,14-15,23H,12-13,16H2,1H3;2-12,17,25H,13-16,18H2,1H3;3-12,15,25H,13-14,16-17H2,1-2H3;3-11,14-15,25H,12-13,16-17H2,1-2H3. The van der Waals surface area contributed by atoms with Gasteiger partial charge in [-0.2, -0.15) is 0 Å². The maximum Gasteiger partial charge on any atom is 0.289 e. The summed E-state index contributed by atoms with van der Waals surface area (Å²) in [5, 5.41) is 5.93. The lowest BCUT2D eigenvalue weighted by Gasteiger charge is -2.43. The zero-order valence-electron chi connectivity index (χ0n) is 73.0. The van der Waals surface area contributed by atoms with Crippen molar-refractivity contribution in [2.24, 2.45) is 0 Å². The van der Waals surface area contributed by atoms with E-state index in [9.17, 15) is 32.4 Å². The number of aryl methyl sites for hydroxylation is 6. The van der Waals surface area contributed by atoms with Crippen LogP contribution in [0.15, 0.2) is 293 Å². The van der Waals surface area contributed by atoms with E-state index in [1.807, 2.05) is 207 Å². The average molecular weight is 1920 g/mol. The van der Waals surface area contributed by atoms with E-state index in [0.717, 1.165) is 102 Å². The third-order valence-electron chi connectivity index (χ3n) is 24.0. The number of fused-ring (bicyclic) bond motifs is 1. The first-order chi connectivity index (χ1) is 62.4. The molecule has 130 heavy (non-hydrogen) atoms. The molecule has 0 N–H and O–H groups in total. The fraction of sp³-hybridized carbons (Fsp3) is 0.248. The molecule has 670 valence electrons. The number of rotatable bonds is 17. The Morgan fingerprint density at radius 1 is 0.331 bits per heavy atom. The highest BCUT2D eigenvalue weighted by Gasteiger charge is 2.38. The average Bonchev–Trinajstić information content (AvgIpc) is 0.882. The minimum absolute atomic E-state index is 0.00711. The van der Waals surface area contributed by atoms with Gasteiger partial charge in [-0.1, -0.05) is 256 Å². The molecule has 13 aromatic rings. The lowest BCUT2D eigenvalue weighted by atomic mass is 10.00. The molecule has 4 atom stereocenters. The van der Waals surface area contributed by atoms with Gasteiger partial charge in [0.15, 0.2) is 21.0 Å². The molecule has 4 fully saturated rings. The van der Waals surface area contributed by atoms with E-state index < -0.39 is 9.84 Å². The molecular weight excluding hydrogens is 1820 g/mol.